The Morgan fingerprint density at radius 1 is 1.15 bits per heavy atom. The number of hydrogen-bond acceptors (Lipinski definition) is 7. The molecule has 2 aromatic carbocycles. The molecule has 0 spiro atoms. The standard InChI is InChI=1S/C23H30N4O5S/c1-6-18(22-17-13-20(31-3)21(32-4)14-19(17)26-23(22)28)25-15-7-9-16(10-8-15)27(12-11-24-2)33(5,29)30/h7-10,13-14,22,24H,6,11-12H2,1-5H3,(H,26,28). The number of methoxy groups -OCH3 is 2. The number of rotatable bonds is 10. The predicted octanol–water partition coefficient (Wildman–Crippen LogP) is 2.91. The van der Waals surface area contributed by atoms with Crippen LogP contribution < -0.4 is 24.4 Å². The molecule has 0 saturated heterocycles. The van der Waals surface area contributed by atoms with E-state index in [2.05, 4.69) is 10.6 Å². The number of likely N-dealkylation sites (N-methyl/N-ethyl adjacent to an activating group) is 1. The van der Waals surface area contributed by atoms with Gasteiger partial charge in [-0.1, -0.05) is 6.92 Å². The molecule has 33 heavy (non-hydrogen) atoms. The molecule has 0 aliphatic carbocycles. The molecule has 0 aromatic heterocycles. The van der Waals surface area contributed by atoms with Crippen molar-refractivity contribution in [2.45, 2.75) is 19.3 Å². The van der Waals surface area contributed by atoms with E-state index in [1.807, 2.05) is 6.92 Å². The molecule has 1 heterocycles. The fraction of sp³-hybridized carbons (Fsp3) is 0.391. The molecule has 0 bridgehead atoms. The average Bonchev–Trinajstić information content (AvgIpc) is 3.11. The Labute approximate surface area is 194 Å². The Bertz CT molecular complexity index is 1150. The monoisotopic (exact) mass is 474 g/mol. The van der Waals surface area contributed by atoms with Crippen LogP contribution in [0, 0.1) is 0 Å². The van der Waals surface area contributed by atoms with Crippen molar-refractivity contribution in [3.8, 4) is 11.5 Å². The zero-order valence-electron chi connectivity index (χ0n) is 19.5. The van der Waals surface area contributed by atoms with Gasteiger partial charge < -0.3 is 20.1 Å². The zero-order chi connectivity index (χ0) is 24.2. The second-order valence-electron chi connectivity index (χ2n) is 7.63. The molecule has 3 rings (SSSR count). The van der Waals surface area contributed by atoms with Crippen molar-refractivity contribution >= 4 is 38.7 Å². The number of nitrogens with zero attached hydrogens (tertiary/aromatic N) is 2. The van der Waals surface area contributed by atoms with Gasteiger partial charge in [-0.15, -0.1) is 0 Å². The summed E-state index contributed by atoms with van der Waals surface area (Å²) in [5.41, 5.74) is 3.35. The summed E-state index contributed by atoms with van der Waals surface area (Å²) < 4.78 is 36.4. The molecule has 0 saturated carbocycles. The molecule has 1 amide bonds. The molecule has 178 valence electrons. The van der Waals surface area contributed by atoms with Gasteiger partial charge in [-0.3, -0.25) is 14.1 Å². The number of hydrogen-bond donors (Lipinski definition) is 2. The van der Waals surface area contributed by atoms with Crippen molar-refractivity contribution in [2.24, 2.45) is 4.99 Å². The maximum atomic E-state index is 12.8. The van der Waals surface area contributed by atoms with Crippen molar-refractivity contribution in [1.29, 1.82) is 0 Å². The van der Waals surface area contributed by atoms with Gasteiger partial charge in [0.1, 0.15) is 5.92 Å². The number of carbonyl (C=O) groups excluding carboxylic acids is 1. The van der Waals surface area contributed by atoms with Crippen LogP contribution >= 0.6 is 0 Å². The molecule has 1 aliphatic heterocycles. The largest absolute Gasteiger partial charge is 0.493 e. The summed E-state index contributed by atoms with van der Waals surface area (Å²) in [5, 5.41) is 5.86. The molecule has 1 aliphatic rings. The Balaban J connectivity index is 1.94. The first-order chi connectivity index (χ1) is 15.7. The van der Waals surface area contributed by atoms with Crippen molar-refractivity contribution in [1.82, 2.24) is 5.32 Å². The van der Waals surface area contributed by atoms with Gasteiger partial charge in [-0.2, -0.15) is 0 Å². The van der Waals surface area contributed by atoms with Gasteiger partial charge in [-0.25, -0.2) is 8.42 Å². The zero-order valence-corrected chi connectivity index (χ0v) is 20.3. The van der Waals surface area contributed by atoms with Crippen LogP contribution in [0.3, 0.4) is 0 Å². The summed E-state index contributed by atoms with van der Waals surface area (Å²) in [6.45, 7) is 2.79. The number of fused-ring (bicyclic) bond motifs is 1. The van der Waals surface area contributed by atoms with Crippen LogP contribution in [-0.4, -0.2) is 60.6 Å². The van der Waals surface area contributed by atoms with Gasteiger partial charge in [0.05, 0.1) is 31.9 Å². The van der Waals surface area contributed by atoms with E-state index in [9.17, 15) is 13.2 Å². The lowest BCUT2D eigenvalue weighted by Gasteiger charge is -2.22. The topological polar surface area (TPSA) is 109 Å². The number of benzene rings is 2. The molecule has 0 fully saturated rings. The molecule has 2 N–H and O–H groups in total. The SMILES string of the molecule is CCC(=Nc1ccc(N(CCNC)S(C)(=O)=O)cc1)C1C(=O)Nc2cc(OC)c(OC)cc21. The normalized spacial score (nSPS) is 15.7. The molecule has 10 heteroatoms. The Morgan fingerprint density at radius 2 is 1.79 bits per heavy atom. The van der Waals surface area contributed by atoms with Crippen LogP contribution in [0.4, 0.5) is 17.1 Å². The minimum atomic E-state index is -3.41. The molecule has 9 nitrogen and oxygen atoms in total. The molecule has 1 unspecified atom stereocenters. The van der Waals surface area contributed by atoms with Crippen molar-refractivity contribution in [3.05, 3.63) is 42.0 Å². The van der Waals surface area contributed by atoms with Gasteiger partial charge in [0.15, 0.2) is 11.5 Å². The van der Waals surface area contributed by atoms with Crippen LogP contribution in [0.25, 0.3) is 0 Å². The van der Waals surface area contributed by atoms with E-state index in [1.165, 1.54) is 10.6 Å². The van der Waals surface area contributed by atoms with E-state index < -0.39 is 15.9 Å². The van der Waals surface area contributed by atoms with Gasteiger partial charge >= 0.3 is 0 Å². The Hall–Kier alpha value is -3.11. The molecule has 0 radical (unpaired) electrons. The lowest BCUT2D eigenvalue weighted by atomic mass is 9.93. The number of nitrogens with one attached hydrogen (secondary N) is 2. The summed E-state index contributed by atoms with van der Waals surface area (Å²) in [6.07, 6.45) is 1.74. The predicted molar refractivity (Wildman–Crippen MR) is 131 cm³/mol. The van der Waals surface area contributed by atoms with Crippen molar-refractivity contribution in [3.63, 3.8) is 0 Å². The van der Waals surface area contributed by atoms with E-state index in [0.29, 0.717) is 53.8 Å². The van der Waals surface area contributed by atoms with Crippen LogP contribution in [0.2, 0.25) is 0 Å². The van der Waals surface area contributed by atoms with Gasteiger partial charge in [0.25, 0.3) is 0 Å². The summed E-state index contributed by atoms with van der Waals surface area (Å²) >= 11 is 0. The van der Waals surface area contributed by atoms with E-state index in [-0.39, 0.29) is 5.91 Å². The first-order valence-electron chi connectivity index (χ1n) is 10.6. The average molecular weight is 475 g/mol. The van der Waals surface area contributed by atoms with Gasteiger partial charge in [0.2, 0.25) is 15.9 Å². The highest BCUT2D eigenvalue weighted by molar-refractivity contribution is 7.92. The second-order valence-corrected chi connectivity index (χ2v) is 9.54. The fourth-order valence-electron chi connectivity index (χ4n) is 3.83. The fourth-order valence-corrected chi connectivity index (χ4v) is 4.75. The second kappa shape index (κ2) is 10.2. The highest BCUT2D eigenvalue weighted by Crippen LogP contribution is 2.42. The van der Waals surface area contributed by atoms with Crippen molar-refractivity contribution < 1.29 is 22.7 Å². The van der Waals surface area contributed by atoms with E-state index >= 15 is 0 Å². The highest BCUT2D eigenvalue weighted by atomic mass is 32.2. The lowest BCUT2D eigenvalue weighted by molar-refractivity contribution is -0.115. The summed E-state index contributed by atoms with van der Waals surface area (Å²) in [6, 6.07) is 10.5. The van der Waals surface area contributed by atoms with Crippen LogP contribution in [0.1, 0.15) is 24.8 Å². The smallest absolute Gasteiger partial charge is 0.237 e. The van der Waals surface area contributed by atoms with Gasteiger partial charge in [-0.05, 0) is 49.4 Å². The minimum Gasteiger partial charge on any atom is -0.493 e. The number of anilines is 2. The van der Waals surface area contributed by atoms with Crippen LogP contribution in [-0.2, 0) is 14.8 Å². The first-order valence-corrected chi connectivity index (χ1v) is 12.4. The summed E-state index contributed by atoms with van der Waals surface area (Å²) in [7, 11) is 1.46. The number of ether oxygens (including phenoxy) is 2. The summed E-state index contributed by atoms with van der Waals surface area (Å²) in [5.74, 6) is 0.372. The number of carbonyl (C=O) groups is 1. The number of aliphatic imine (C=N–C) groups is 1. The maximum Gasteiger partial charge on any atom is 0.237 e. The lowest BCUT2D eigenvalue weighted by Crippen LogP contribution is -2.35. The summed E-state index contributed by atoms with van der Waals surface area (Å²) in [4.78, 5) is 17.6. The maximum absolute atomic E-state index is 12.8. The number of sulfonamides is 1. The molecule has 2 aromatic rings. The molecular weight excluding hydrogens is 444 g/mol. The van der Waals surface area contributed by atoms with E-state index in [0.717, 1.165) is 5.56 Å². The number of amides is 1. The molecule has 1 atom stereocenters. The molecular formula is C23H30N4O5S. The minimum absolute atomic E-state index is 0.159. The third kappa shape index (κ3) is 5.28. The van der Waals surface area contributed by atoms with Crippen LogP contribution in [0.5, 0.6) is 11.5 Å². The van der Waals surface area contributed by atoms with Crippen molar-refractivity contribution in [2.75, 3.05) is 50.2 Å². The Kier molecular flexibility index (Phi) is 7.60. The quantitative estimate of drug-likeness (QED) is 0.513. The van der Waals surface area contributed by atoms with Gasteiger partial charge in [0, 0.05) is 30.6 Å². The van der Waals surface area contributed by atoms with E-state index in [1.54, 1.807) is 57.7 Å². The van der Waals surface area contributed by atoms with E-state index in [4.69, 9.17) is 14.5 Å². The third-order valence-electron chi connectivity index (χ3n) is 5.46. The Morgan fingerprint density at radius 3 is 2.33 bits per heavy atom. The van der Waals surface area contributed by atoms with Crippen LogP contribution in [0.15, 0.2) is 41.4 Å². The third-order valence-corrected chi connectivity index (χ3v) is 6.65. The highest BCUT2D eigenvalue weighted by Gasteiger charge is 2.35. The first kappa shape index (κ1) is 24.5.